The molecule has 0 aromatic heterocycles. The van der Waals surface area contributed by atoms with Gasteiger partial charge in [0.05, 0.1) is 6.04 Å². The van der Waals surface area contributed by atoms with E-state index in [1.807, 2.05) is 34.6 Å². The maximum atomic E-state index is 13.2. The number of nitrogens with two attached hydrogens (primary N) is 2. The third-order valence-corrected chi connectivity index (χ3v) is 6.21. The van der Waals surface area contributed by atoms with Crippen LogP contribution in [0.2, 0.25) is 0 Å². The maximum absolute atomic E-state index is 13.2. The fourth-order valence-corrected chi connectivity index (χ4v) is 3.54. The van der Waals surface area contributed by atoms with E-state index in [9.17, 15) is 24.3 Å². The van der Waals surface area contributed by atoms with Crippen molar-refractivity contribution in [3.8, 4) is 0 Å². The lowest BCUT2D eigenvalue weighted by molar-refractivity contribution is -0.144. The summed E-state index contributed by atoms with van der Waals surface area (Å²) in [5.41, 5.74) is 11.6. The Labute approximate surface area is 204 Å². The van der Waals surface area contributed by atoms with Crippen LogP contribution in [0.5, 0.6) is 0 Å². The minimum absolute atomic E-state index is 0.199. The van der Waals surface area contributed by atoms with E-state index in [-0.39, 0.29) is 17.8 Å². The van der Waals surface area contributed by atoms with Crippen LogP contribution in [0.25, 0.3) is 0 Å². The van der Waals surface area contributed by atoms with Crippen LogP contribution in [0.3, 0.4) is 0 Å². The molecule has 0 fully saturated rings. The van der Waals surface area contributed by atoms with Gasteiger partial charge in [-0.05, 0) is 50.0 Å². The molecule has 0 radical (unpaired) electrons. The molecule has 0 heterocycles. The minimum atomic E-state index is -1.13. The van der Waals surface area contributed by atoms with E-state index in [1.54, 1.807) is 6.92 Å². The Hall–Kier alpha value is -2.20. The highest BCUT2D eigenvalue weighted by molar-refractivity contribution is 5.94. The lowest BCUT2D eigenvalue weighted by Gasteiger charge is -2.29. The van der Waals surface area contributed by atoms with E-state index in [0.29, 0.717) is 45.1 Å². The fraction of sp³-hybridized carbons (Fsp3) is 0.833. The van der Waals surface area contributed by atoms with Crippen molar-refractivity contribution in [1.82, 2.24) is 16.0 Å². The van der Waals surface area contributed by atoms with Gasteiger partial charge in [-0.15, -0.1) is 0 Å². The van der Waals surface area contributed by atoms with Crippen molar-refractivity contribution in [2.24, 2.45) is 29.2 Å². The van der Waals surface area contributed by atoms with Crippen LogP contribution in [0.1, 0.15) is 80.1 Å². The molecule has 3 amide bonds. The molecule has 0 aromatic rings. The number of carboxylic acid groups (broad SMARTS) is 1. The smallest absolute Gasteiger partial charge is 0.326 e. The zero-order valence-corrected chi connectivity index (χ0v) is 21.7. The summed E-state index contributed by atoms with van der Waals surface area (Å²) in [5, 5.41) is 17.6. The number of carbonyl (C=O) groups excluding carboxylic acids is 3. The van der Waals surface area contributed by atoms with Crippen molar-refractivity contribution in [2.75, 3.05) is 6.54 Å². The lowest BCUT2D eigenvalue weighted by atomic mass is 9.96. The standard InChI is InChI=1S/C24H47N5O5/c1-7-15(5)19(28-21(30)17(26)13-14(3)4)23(32)27-18(11-9-10-12-25)22(31)29-20(24(33)34)16(6)8-2/h14-20H,7-13,25-26H2,1-6H3,(H,27,32)(H,28,30)(H,29,31)(H,33,34). The van der Waals surface area contributed by atoms with E-state index in [0.717, 1.165) is 0 Å². The molecule has 0 aromatic carbocycles. The summed E-state index contributed by atoms with van der Waals surface area (Å²) >= 11 is 0. The van der Waals surface area contributed by atoms with Gasteiger partial charge in [0.2, 0.25) is 17.7 Å². The van der Waals surface area contributed by atoms with Crippen LogP contribution >= 0.6 is 0 Å². The molecule has 8 N–H and O–H groups in total. The molecule has 10 heteroatoms. The Morgan fingerprint density at radius 3 is 1.79 bits per heavy atom. The van der Waals surface area contributed by atoms with Crippen molar-refractivity contribution in [3.05, 3.63) is 0 Å². The Kier molecular flexibility index (Phi) is 15.4. The molecule has 0 bridgehead atoms. The van der Waals surface area contributed by atoms with E-state index in [1.165, 1.54) is 0 Å². The molecule has 0 aliphatic carbocycles. The van der Waals surface area contributed by atoms with Crippen molar-refractivity contribution in [2.45, 2.75) is 104 Å². The first-order valence-corrected chi connectivity index (χ1v) is 12.5. The lowest BCUT2D eigenvalue weighted by Crippen LogP contribution is -2.59. The fourth-order valence-electron chi connectivity index (χ4n) is 3.54. The summed E-state index contributed by atoms with van der Waals surface area (Å²) in [4.78, 5) is 50.4. The molecule has 6 atom stereocenters. The number of carbonyl (C=O) groups is 4. The minimum Gasteiger partial charge on any atom is -0.480 e. The first-order chi connectivity index (χ1) is 15.9. The van der Waals surface area contributed by atoms with Crippen molar-refractivity contribution in [3.63, 3.8) is 0 Å². The molecule has 0 rings (SSSR count). The molecule has 0 aliphatic heterocycles. The van der Waals surface area contributed by atoms with Gasteiger partial charge in [0.25, 0.3) is 0 Å². The quantitative estimate of drug-likeness (QED) is 0.167. The van der Waals surface area contributed by atoms with E-state index < -0.39 is 47.9 Å². The zero-order valence-electron chi connectivity index (χ0n) is 21.7. The summed E-state index contributed by atoms with van der Waals surface area (Å²) in [6, 6.07) is -3.62. The van der Waals surface area contributed by atoms with Gasteiger partial charge in [-0.1, -0.05) is 54.4 Å². The van der Waals surface area contributed by atoms with E-state index in [4.69, 9.17) is 11.5 Å². The van der Waals surface area contributed by atoms with Gasteiger partial charge in [0, 0.05) is 0 Å². The van der Waals surface area contributed by atoms with Gasteiger partial charge < -0.3 is 32.5 Å². The Bertz CT molecular complexity index is 658. The molecule has 10 nitrogen and oxygen atoms in total. The third kappa shape index (κ3) is 11.3. The van der Waals surface area contributed by atoms with Crippen LogP contribution in [-0.4, -0.2) is 59.5 Å². The van der Waals surface area contributed by atoms with Crippen LogP contribution in [-0.2, 0) is 19.2 Å². The summed E-state index contributed by atoms with van der Waals surface area (Å²) in [7, 11) is 0. The van der Waals surface area contributed by atoms with Crippen molar-refractivity contribution < 1.29 is 24.3 Å². The number of nitrogens with one attached hydrogen (secondary N) is 3. The SMILES string of the molecule is CCC(C)C(NC(=O)C(CCCCN)NC(=O)C(NC(=O)C(N)CC(C)C)C(C)CC)C(=O)O. The molecule has 0 spiro atoms. The van der Waals surface area contributed by atoms with Gasteiger partial charge in [-0.3, -0.25) is 14.4 Å². The molecule has 6 unspecified atom stereocenters. The molecule has 198 valence electrons. The highest BCUT2D eigenvalue weighted by Gasteiger charge is 2.33. The third-order valence-electron chi connectivity index (χ3n) is 6.21. The number of unbranched alkanes of at least 4 members (excludes halogenated alkanes) is 1. The van der Waals surface area contributed by atoms with Gasteiger partial charge in [-0.25, -0.2) is 4.79 Å². The highest BCUT2D eigenvalue weighted by Crippen LogP contribution is 2.13. The number of aliphatic carboxylic acids is 1. The van der Waals surface area contributed by atoms with Gasteiger partial charge in [0.1, 0.15) is 18.1 Å². The molecular weight excluding hydrogens is 438 g/mol. The van der Waals surface area contributed by atoms with Gasteiger partial charge in [-0.2, -0.15) is 0 Å². The largest absolute Gasteiger partial charge is 0.480 e. The Balaban J connectivity index is 5.60. The Morgan fingerprint density at radius 1 is 0.794 bits per heavy atom. The number of amides is 3. The average molecular weight is 486 g/mol. The summed E-state index contributed by atoms with van der Waals surface area (Å²) in [6.07, 6.45) is 3.21. The molecular formula is C24H47N5O5. The maximum Gasteiger partial charge on any atom is 0.326 e. The summed E-state index contributed by atoms with van der Waals surface area (Å²) in [5.74, 6) is -2.86. The second-order valence-electron chi connectivity index (χ2n) is 9.66. The monoisotopic (exact) mass is 485 g/mol. The highest BCUT2D eigenvalue weighted by atomic mass is 16.4. The average Bonchev–Trinajstić information content (AvgIpc) is 2.78. The summed E-state index contributed by atoms with van der Waals surface area (Å²) < 4.78 is 0. The molecule has 0 saturated carbocycles. The molecule has 0 aliphatic rings. The number of hydrogen-bond acceptors (Lipinski definition) is 6. The van der Waals surface area contributed by atoms with Gasteiger partial charge >= 0.3 is 5.97 Å². The van der Waals surface area contributed by atoms with Crippen molar-refractivity contribution in [1.29, 1.82) is 0 Å². The predicted molar refractivity (Wildman–Crippen MR) is 133 cm³/mol. The first-order valence-electron chi connectivity index (χ1n) is 12.5. The number of hydrogen-bond donors (Lipinski definition) is 6. The normalized spacial score (nSPS) is 16.6. The van der Waals surface area contributed by atoms with Crippen LogP contribution in [0, 0.1) is 17.8 Å². The van der Waals surface area contributed by atoms with Crippen LogP contribution < -0.4 is 27.4 Å². The summed E-state index contributed by atoms with van der Waals surface area (Å²) in [6.45, 7) is 11.7. The van der Waals surface area contributed by atoms with Crippen LogP contribution in [0.4, 0.5) is 0 Å². The number of carboxylic acids is 1. The molecule has 0 saturated heterocycles. The van der Waals surface area contributed by atoms with E-state index >= 15 is 0 Å². The Morgan fingerprint density at radius 2 is 1.32 bits per heavy atom. The second kappa shape index (κ2) is 16.4. The second-order valence-corrected chi connectivity index (χ2v) is 9.66. The topological polar surface area (TPSA) is 177 Å². The zero-order chi connectivity index (χ0) is 26.4. The first kappa shape index (κ1) is 31.8. The molecule has 34 heavy (non-hydrogen) atoms. The van der Waals surface area contributed by atoms with Crippen LogP contribution in [0.15, 0.2) is 0 Å². The van der Waals surface area contributed by atoms with Crippen molar-refractivity contribution >= 4 is 23.7 Å². The number of rotatable bonds is 17. The van der Waals surface area contributed by atoms with E-state index in [2.05, 4.69) is 16.0 Å². The predicted octanol–water partition coefficient (Wildman–Crippen LogP) is 1.12. The van der Waals surface area contributed by atoms with Gasteiger partial charge in [0.15, 0.2) is 0 Å².